The van der Waals surface area contributed by atoms with Gasteiger partial charge in [-0.3, -0.25) is 14.4 Å². The molecule has 0 radical (unpaired) electrons. The molecule has 1 N–H and O–H groups in total. The number of halogens is 1. The Kier molecular flexibility index (Phi) is 8.33. The normalized spacial score (nSPS) is 14.2. The van der Waals surface area contributed by atoms with Gasteiger partial charge >= 0.3 is 0 Å². The molecule has 46 heavy (non-hydrogen) atoms. The molecule has 0 unspecified atom stereocenters. The molecule has 11 heteroatoms. The van der Waals surface area contributed by atoms with Gasteiger partial charge < -0.3 is 14.1 Å². The number of piperazine rings is 1. The molecule has 1 amide bonds. The number of hydrogen-bond acceptors (Lipinski definition) is 7. The second-order valence-corrected chi connectivity index (χ2v) is 14.9. The van der Waals surface area contributed by atoms with Gasteiger partial charge in [-0.2, -0.15) is 0 Å². The van der Waals surface area contributed by atoms with Gasteiger partial charge in [-0.25, -0.2) is 8.42 Å². The third kappa shape index (κ3) is 6.15. The molecule has 1 fully saturated rings. The van der Waals surface area contributed by atoms with Crippen LogP contribution in [0, 0.1) is 0 Å². The maximum Gasteiger partial charge on any atom is 0.262 e. The van der Waals surface area contributed by atoms with Crippen LogP contribution in [0.4, 0.5) is 5.69 Å². The number of hydrogen-bond donors (Lipinski definition) is 1. The van der Waals surface area contributed by atoms with Crippen molar-refractivity contribution in [1.82, 2.24) is 9.80 Å². The van der Waals surface area contributed by atoms with Crippen LogP contribution in [0.1, 0.15) is 15.2 Å². The van der Waals surface area contributed by atoms with Crippen LogP contribution in [-0.2, 0) is 16.6 Å². The zero-order valence-corrected chi connectivity index (χ0v) is 28.1. The summed E-state index contributed by atoms with van der Waals surface area (Å²) in [5.41, 5.74) is 3.00. The first-order chi connectivity index (χ1) is 22.3. The summed E-state index contributed by atoms with van der Waals surface area (Å²) in [6.07, 6.45) is 0. The van der Waals surface area contributed by atoms with Gasteiger partial charge in [0.25, 0.3) is 15.9 Å². The van der Waals surface area contributed by atoms with Crippen LogP contribution in [-0.4, -0.2) is 57.4 Å². The number of methoxy groups -OCH3 is 1. The van der Waals surface area contributed by atoms with E-state index in [1.165, 1.54) is 34.6 Å². The topological polar surface area (TPSA) is 92.1 Å². The summed E-state index contributed by atoms with van der Waals surface area (Å²) in [5.74, 6) is 0.173. The van der Waals surface area contributed by atoms with E-state index in [9.17, 15) is 13.2 Å². The number of carbonyl (C=O) groups excluding carboxylic acids is 1. The zero-order valence-electron chi connectivity index (χ0n) is 24.9. The van der Waals surface area contributed by atoms with Crippen molar-refractivity contribution < 1.29 is 22.4 Å². The summed E-state index contributed by atoms with van der Waals surface area (Å²) in [5, 5.41) is 1.73. The van der Waals surface area contributed by atoms with Gasteiger partial charge in [0, 0.05) is 69.4 Å². The molecule has 0 bridgehead atoms. The van der Waals surface area contributed by atoms with Gasteiger partial charge in [0.15, 0.2) is 0 Å². The fourth-order valence-corrected chi connectivity index (χ4v) is 8.17. The second-order valence-electron chi connectivity index (χ2n) is 11.1. The number of fused-ring (bicyclic) bond motifs is 3. The van der Waals surface area contributed by atoms with Crippen LogP contribution in [0.15, 0.2) is 111 Å². The highest BCUT2D eigenvalue weighted by Gasteiger charge is 2.25. The lowest BCUT2D eigenvalue weighted by Gasteiger charge is -2.34. The maximum absolute atomic E-state index is 13.5. The SMILES string of the molecule is COc1cc2c(cc1NS(=O)(=O)c1cccc(C(=O)N3CCN(Cc4ccc(-c5ccc(Br)cc5)s4)CC3)c1)oc1ccccc12. The first-order valence-corrected chi connectivity index (χ1v) is 17.8. The Morgan fingerprint density at radius 2 is 1.67 bits per heavy atom. The van der Waals surface area contributed by atoms with Crippen molar-refractivity contribution in [3.05, 3.63) is 112 Å². The fourth-order valence-electron chi connectivity index (χ4n) is 5.74. The van der Waals surface area contributed by atoms with Gasteiger partial charge in [-0.05, 0) is 60.2 Å². The molecule has 0 aliphatic carbocycles. The van der Waals surface area contributed by atoms with Crippen LogP contribution in [0.2, 0.25) is 0 Å². The van der Waals surface area contributed by atoms with E-state index in [2.05, 4.69) is 49.8 Å². The van der Waals surface area contributed by atoms with Crippen LogP contribution >= 0.6 is 27.3 Å². The van der Waals surface area contributed by atoms with E-state index < -0.39 is 10.0 Å². The number of rotatable bonds is 8. The number of amides is 1. The molecule has 1 aliphatic rings. The molecule has 4 aromatic carbocycles. The van der Waals surface area contributed by atoms with Crippen molar-refractivity contribution in [2.24, 2.45) is 0 Å². The minimum absolute atomic E-state index is 0.0111. The van der Waals surface area contributed by atoms with Crippen molar-refractivity contribution in [3.63, 3.8) is 0 Å². The molecule has 6 aromatic rings. The quantitative estimate of drug-likeness (QED) is 0.173. The lowest BCUT2D eigenvalue weighted by atomic mass is 10.1. The number of benzene rings is 4. The molecule has 1 saturated heterocycles. The fraction of sp³-hybridized carbons (Fsp3) is 0.171. The lowest BCUT2D eigenvalue weighted by Crippen LogP contribution is -2.48. The number of sulfonamides is 1. The predicted octanol–water partition coefficient (Wildman–Crippen LogP) is 7.84. The van der Waals surface area contributed by atoms with Crippen LogP contribution in [0.25, 0.3) is 32.4 Å². The van der Waals surface area contributed by atoms with Gasteiger partial charge in [-0.15, -0.1) is 11.3 Å². The molecule has 0 atom stereocenters. The summed E-state index contributed by atoms with van der Waals surface area (Å²) < 4.78 is 42.2. The Morgan fingerprint density at radius 3 is 2.46 bits per heavy atom. The second kappa shape index (κ2) is 12.6. The number of nitrogens with zero attached hydrogens (tertiary/aromatic N) is 2. The van der Waals surface area contributed by atoms with Crippen molar-refractivity contribution in [2.45, 2.75) is 11.4 Å². The summed E-state index contributed by atoms with van der Waals surface area (Å²) >= 11 is 5.27. The summed E-state index contributed by atoms with van der Waals surface area (Å²) in [4.78, 5) is 20.1. The monoisotopic (exact) mass is 715 g/mol. The molecule has 7 rings (SSSR count). The molecule has 0 saturated carbocycles. The number of nitrogens with one attached hydrogen (secondary N) is 1. The Hall–Kier alpha value is -4.16. The number of thiophene rings is 1. The summed E-state index contributed by atoms with van der Waals surface area (Å²) in [7, 11) is -2.56. The number of carbonyl (C=O) groups is 1. The van der Waals surface area contributed by atoms with E-state index in [1.54, 1.807) is 40.5 Å². The molecule has 3 heterocycles. The highest BCUT2D eigenvalue weighted by atomic mass is 79.9. The van der Waals surface area contributed by atoms with Gasteiger partial charge in [0.2, 0.25) is 0 Å². The molecule has 0 spiro atoms. The summed E-state index contributed by atoms with van der Waals surface area (Å²) in [6, 6.07) is 29.8. The van der Waals surface area contributed by atoms with E-state index in [0.717, 1.165) is 34.9 Å². The lowest BCUT2D eigenvalue weighted by molar-refractivity contribution is 0.0629. The van der Waals surface area contributed by atoms with Crippen LogP contribution < -0.4 is 9.46 Å². The molecular weight excluding hydrogens is 686 g/mol. The number of furan rings is 1. The predicted molar refractivity (Wildman–Crippen MR) is 186 cm³/mol. The van der Waals surface area contributed by atoms with E-state index in [0.29, 0.717) is 35.6 Å². The third-order valence-corrected chi connectivity index (χ3v) is 11.2. The Bertz CT molecular complexity index is 2170. The Labute approximate surface area is 279 Å². The van der Waals surface area contributed by atoms with E-state index in [1.807, 2.05) is 36.4 Å². The smallest absolute Gasteiger partial charge is 0.262 e. The van der Waals surface area contributed by atoms with Crippen molar-refractivity contribution in [1.29, 1.82) is 0 Å². The number of para-hydroxylation sites is 1. The average molecular weight is 717 g/mol. The number of ether oxygens (including phenoxy) is 1. The van der Waals surface area contributed by atoms with Gasteiger partial charge in [0.1, 0.15) is 16.9 Å². The molecule has 2 aromatic heterocycles. The first kappa shape index (κ1) is 30.5. The minimum Gasteiger partial charge on any atom is -0.495 e. The largest absolute Gasteiger partial charge is 0.495 e. The van der Waals surface area contributed by atoms with Crippen molar-refractivity contribution in [3.8, 4) is 16.2 Å². The van der Waals surface area contributed by atoms with Gasteiger partial charge in [0.05, 0.1) is 17.7 Å². The molecule has 234 valence electrons. The van der Waals surface area contributed by atoms with Crippen molar-refractivity contribution in [2.75, 3.05) is 38.0 Å². The maximum atomic E-state index is 13.5. The zero-order chi connectivity index (χ0) is 31.8. The molecule has 1 aliphatic heterocycles. The third-order valence-electron chi connectivity index (χ3n) is 8.16. The van der Waals surface area contributed by atoms with Crippen LogP contribution in [0.3, 0.4) is 0 Å². The number of anilines is 1. The van der Waals surface area contributed by atoms with E-state index in [4.69, 9.17) is 9.15 Å². The Balaban J connectivity index is 1.02. The Morgan fingerprint density at radius 1 is 0.891 bits per heavy atom. The minimum atomic E-state index is -4.05. The van der Waals surface area contributed by atoms with E-state index >= 15 is 0 Å². The standard InChI is InChI=1S/C35H30BrN3O5S2/c1-43-33-20-29-28-7-2-3-8-31(28)44-32(29)21-30(33)37-46(41,42)27-6-4-5-24(19-27)35(40)39-17-15-38(16-18-39)22-26-13-14-34(45-26)23-9-11-25(36)12-10-23/h2-14,19-21,37H,15-18,22H2,1H3. The average Bonchev–Trinajstić information content (AvgIpc) is 3.69. The first-order valence-electron chi connectivity index (χ1n) is 14.8. The summed E-state index contributed by atoms with van der Waals surface area (Å²) in [6.45, 7) is 3.43. The van der Waals surface area contributed by atoms with Gasteiger partial charge in [-0.1, -0.05) is 52.3 Å². The van der Waals surface area contributed by atoms with E-state index in [-0.39, 0.29) is 16.5 Å². The molecule has 8 nitrogen and oxygen atoms in total. The van der Waals surface area contributed by atoms with Crippen LogP contribution in [0.5, 0.6) is 5.75 Å². The molecular formula is C35H30BrN3O5S2. The van der Waals surface area contributed by atoms with Crippen molar-refractivity contribution >= 4 is 70.8 Å². The highest BCUT2D eigenvalue weighted by molar-refractivity contribution is 9.10. The highest BCUT2D eigenvalue weighted by Crippen LogP contribution is 2.37.